The summed E-state index contributed by atoms with van der Waals surface area (Å²) in [7, 11) is 0. The van der Waals surface area contributed by atoms with Crippen molar-refractivity contribution in [2.75, 3.05) is 13.2 Å². The summed E-state index contributed by atoms with van der Waals surface area (Å²) >= 11 is 3.30. The number of hydrogen-bond acceptors (Lipinski definition) is 4. The van der Waals surface area contributed by atoms with Gasteiger partial charge in [0.1, 0.15) is 4.47 Å². The lowest BCUT2D eigenvalue weighted by Gasteiger charge is -2.14. The Bertz CT molecular complexity index is 389. The summed E-state index contributed by atoms with van der Waals surface area (Å²) in [5.74, 6) is 0.194. The Morgan fingerprint density at radius 2 is 2.53 bits per heavy atom. The van der Waals surface area contributed by atoms with E-state index in [1.54, 1.807) is 11.6 Å². The summed E-state index contributed by atoms with van der Waals surface area (Å²) in [6.07, 6.45) is 0.906. The molecule has 5 nitrogen and oxygen atoms in total. The average Bonchev–Trinajstić information content (AvgIpc) is 2.57. The summed E-state index contributed by atoms with van der Waals surface area (Å²) in [6, 6.07) is 0. The minimum absolute atomic E-state index is 0.286. The smallest absolute Gasteiger partial charge is 0.360 e. The van der Waals surface area contributed by atoms with Crippen LogP contribution < -0.4 is 4.74 Å². The number of nitrogens with zero attached hydrogens (tertiary/aromatic N) is 2. The van der Waals surface area contributed by atoms with Gasteiger partial charge in [-0.1, -0.05) is 0 Å². The van der Waals surface area contributed by atoms with Gasteiger partial charge >= 0.3 is 5.97 Å². The van der Waals surface area contributed by atoms with Crippen LogP contribution in [0.5, 0.6) is 5.88 Å². The molecule has 0 saturated carbocycles. The van der Waals surface area contributed by atoms with Gasteiger partial charge in [0.25, 0.3) is 0 Å². The van der Waals surface area contributed by atoms with E-state index >= 15 is 0 Å². The maximum Gasteiger partial charge on any atom is 0.360 e. The first-order valence-electron chi connectivity index (χ1n) is 4.80. The largest absolute Gasteiger partial charge is 0.477 e. The van der Waals surface area contributed by atoms with Crippen molar-refractivity contribution >= 4 is 21.9 Å². The lowest BCUT2D eigenvalue weighted by Crippen LogP contribution is -2.15. The van der Waals surface area contributed by atoms with Crippen LogP contribution in [-0.4, -0.2) is 29.0 Å². The van der Waals surface area contributed by atoms with Crippen molar-refractivity contribution < 1.29 is 14.3 Å². The van der Waals surface area contributed by atoms with E-state index in [-0.39, 0.29) is 5.69 Å². The normalized spacial score (nSPS) is 14.3. The SMILES string of the molecule is CCOC(=O)c1nn2c(c1Br)OCCC2. The summed E-state index contributed by atoms with van der Waals surface area (Å²) < 4.78 is 12.6. The van der Waals surface area contributed by atoms with Crippen LogP contribution in [0.15, 0.2) is 4.47 Å². The molecule has 1 aliphatic rings. The Morgan fingerprint density at radius 1 is 1.73 bits per heavy atom. The molecular weight excluding hydrogens is 264 g/mol. The van der Waals surface area contributed by atoms with E-state index in [1.165, 1.54) is 0 Å². The molecule has 1 aliphatic heterocycles. The summed E-state index contributed by atoms with van der Waals surface area (Å²) in [5, 5.41) is 4.14. The van der Waals surface area contributed by atoms with Gasteiger partial charge in [-0.3, -0.25) is 0 Å². The maximum absolute atomic E-state index is 11.5. The van der Waals surface area contributed by atoms with E-state index in [4.69, 9.17) is 9.47 Å². The van der Waals surface area contributed by atoms with Crippen LogP contribution in [0.3, 0.4) is 0 Å². The van der Waals surface area contributed by atoms with Crippen molar-refractivity contribution in [3.8, 4) is 5.88 Å². The molecule has 0 fully saturated rings. The highest BCUT2D eigenvalue weighted by atomic mass is 79.9. The molecule has 0 radical (unpaired) electrons. The predicted octanol–water partition coefficient (Wildman–Crippen LogP) is 1.60. The summed E-state index contributed by atoms with van der Waals surface area (Å²) in [6.45, 7) is 3.53. The van der Waals surface area contributed by atoms with Crippen LogP contribution in [0.1, 0.15) is 23.8 Å². The Morgan fingerprint density at radius 3 is 3.20 bits per heavy atom. The number of rotatable bonds is 2. The Kier molecular flexibility index (Phi) is 2.95. The number of aryl methyl sites for hydroxylation is 1. The fourth-order valence-electron chi connectivity index (χ4n) is 1.43. The quantitative estimate of drug-likeness (QED) is 0.769. The van der Waals surface area contributed by atoms with Crippen LogP contribution in [0.2, 0.25) is 0 Å². The topological polar surface area (TPSA) is 53.3 Å². The molecule has 82 valence electrons. The van der Waals surface area contributed by atoms with Gasteiger partial charge in [-0.25, -0.2) is 9.48 Å². The first kappa shape index (κ1) is 10.5. The zero-order valence-electron chi connectivity index (χ0n) is 8.33. The van der Waals surface area contributed by atoms with Gasteiger partial charge in [0.15, 0.2) is 5.69 Å². The highest BCUT2D eigenvalue weighted by Crippen LogP contribution is 2.31. The van der Waals surface area contributed by atoms with Gasteiger partial charge < -0.3 is 9.47 Å². The molecule has 6 heteroatoms. The lowest BCUT2D eigenvalue weighted by molar-refractivity contribution is 0.0517. The monoisotopic (exact) mass is 274 g/mol. The number of ether oxygens (including phenoxy) is 2. The second-order valence-electron chi connectivity index (χ2n) is 3.11. The van der Waals surface area contributed by atoms with Gasteiger partial charge in [-0.2, -0.15) is 5.10 Å². The van der Waals surface area contributed by atoms with Gasteiger partial charge in [-0.05, 0) is 22.9 Å². The number of aromatic nitrogens is 2. The molecular formula is C9H11BrN2O3. The Labute approximate surface area is 95.5 Å². The van der Waals surface area contributed by atoms with Crippen LogP contribution in [-0.2, 0) is 11.3 Å². The molecule has 0 spiro atoms. The van der Waals surface area contributed by atoms with Gasteiger partial charge in [0.2, 0.25) is 5.88 Å². The zero-order valence-corrected chi connectivity index (χ0v) is 9.91. The minimum Gasteiger partial charge on any atom is -0.477 e. The number of carbonyl (C=O) groups is 1. The van der Waals surface area contributed by atoms with E-state index < -0.39 is 5.97 Å². The number of carbonyl (C=O) groups excluding carboxylic acids is 1. The molecule has 0 aromatic carbocycles. The van der Waals surface area contributed by atoms with E-state index in [9.17, 15) is 4.79 Å². The molecule has 0 saturated heterocycles. The molecule has 15 heavy (non-hydrogen) atoms. The molecule has 0 amide bonds. The highest BCUT2D eigenvalue weighted by Gasteiger charge is 2.25. The van der Waals surface area contributed by atoms with Crippen LogP contribution in [0, 0.1) is 0 Å². The summed E-state index contributed by atoms with van der Waals surface area (Å²) in [5.41, 5.74) is 0.286. The van der Waals surface area contributed by atoms with Crippen LogP contribution in [0.4, 0.5) is 0 Å². The van der Waals surface area contributed by atoms with Crippen molar-refractivity contribution in [1.82, 2.24) is 9.78 Å². The van der Waals surface area contributed by atoms with Crippen LogP contribution >= 0.6 is 15.9 Å². The van der Waals surface area contributed by atoms with Crippen molar-refractivity contribution in [3.63, 3.8) is 0 Å². The molecule has 1 aromatic heterocycles. The molecule has 0 atom stereocenters. The van der Waals surface area contributed by atoms with E-state index in [2.05, 4.69) is 21.0 Å². The van der Waals surface area contributed by atoms with Crippen LogP contribution in [0.25, 0.3) is 0 Å². The fourth-order valence-corrected chi connectivity index (χ4v) is 1.99. The van der Waals surface area contributed by atoms with Crippen molar-refractivity contribution in [2.24, 2.45) is 0 Å². The third-order valence-corrected chi connectivity index (χ3v) is 2.79. The maximum atomic E-state index is 11.5. The molecule has 2 rings (SSSR count). The fraction of sp³-hybridized carbons (Fsp3) is 0.556. The first-order chi connectivity index (χ1) is 7.24. The van der Waals surface area contributed by atoms with Gasteiger partial charge in [-0.15, -0.1) is 0 Å². The summed E-state index contributed by atoms with van der Waals surface area (Å²) in [4.78, 5) is 11.5. The van der Waals surface area contributed by atoms with E-state index in [0.717, 1.165) is 13.0 Å². The van der Waals surface area contributed by atoms with Crippen molar-refractivity contribution in [3.05, 3.63) is 10.2 Å². The Hall–Kier alpha value is -1.04. The number of esters is 1. The number of hydrogen-bond donors (Lipinski definition) is 0. The number of halogens is 1. The van der Waals surface area contributed by atoms with Crippen molar-refractivity contribution in [1.29, 1.82) is 0 Å². The van der Waals surface area contributed by atoms with Gasteiger partial charge in [0, 0.05) is 13.0 Å². The Balaban J connectivity index is 2.32. The van der Waals surface area contributed by atoms with E-state index in [0.29, 0.717) is 23.6 Å². The van der Waals surface area contributed by atoms with Gasteiger partial charge in [0.05, 0.1) is 13.2 Å². The molecule has 0 unspecified atom stereocenters. The predicted molar refractivity (Wildman–Crippen MR) is 56.0 cm³/mol. The third-order valence-electron chi connectivity index (χ3n) is 2.07. The zero-order chi connectivity index (χ0) is 10.8. The van der Waals surface area contributed by atoms with Crippen molar-refractivity contribution in [2.45, 2.75) is 19.9 Å². The highest BCUT2D eigenvalue weighted by molar-refractivity contribution is 9.10. The third kappa shape index (κ3) is 1.86. The average molecular weight is 275 g/mol. The minimum atomic E-state index is -0.421. The first-order valence-corrected chi connectivity index (χ1v) is 5.59. The second kappa shape index (κ2) is 4.22. The number of fused-ring (bicyclic) bond motifs is 1. The molecule has 1 aromatic rings. The molecule has 2 heterocycles. The molecule has 0 bridgehead atoms. The van der Waals surface area contributed by atoms with E-state index in [1.807, 2.05) is 0 Å². The lowest BCUT2D eigenvalue weighted by atomic mass is 10.4. The molecule has 0 aliphatic carbocycles. The standard InChI is InChI=1S/C9H11BrN2O3/c1-2-14-9(13)7-6(10)8-12(11-7)4-3-5-15-8/h2-5H2,1H3. The second-order valence-corrected chi connectivity index (χ2v) is 3.91. The molecule has 0 N–H and O–H groups in total.